The molecule has 0 bridgehead atoms. The van der Waals surface area contributed by atoms with Crippen molar-refractivity contribution in [1.82, 2.24) is 15.5 Å². The molecule has 2 rings (SSSR count). The van der Waals surface area contributed by atoms with Crippen molar-refractivity contribution in [2.75, 3.05) is 33.7 Å². The van der Waals surface area contributed by atoms with Crippen LogP contribution in [0.3, 0.4) is 0 Å². The fourth-order valence-corrected chi connectivity index (χ4v) is 3.51. The van der Waals surface area contributed by atoms with Gasteiger partial charge >= 0.3 is 0 Å². The molecule has 0 aromatic heterocycles. The summed E-state index contributed by atoms with van der Waals surface area (Å²) in [6, 6.07) is 8.71. The van der Waals surface area contributed by atoms with Crippen molar-refractivity contribution < 1.29 is 4.79 Å². The van der Waals surface area contributed by atoms with Crippen LogP contribution >= 0.6 is 24.0 Å². The second-order valence-corrected chi connectivity index (χ2v) is 7.96. The van der Waals surface area contributed by atoms with Crippen molar-refractivity contribution in [1.29, 1.82) is 0 Å². The molecule has 1 saturated heterocycles. The van der Waals surface area contributed by atoms with E-state index in [0.717, 1.165) is 38.4 Å². The van der Waals surface area contributed by atoms with Crippen LogP contribution in [0.15, 0.2) is 29.3 Å². The lowest BCUT2D eigenvalue weighted by Gasteiger charge is -2.35. The summed E-state index contributed by atoms with van der Waals surface area (Å²) in [5.41, 5.74) is 2.65. The number of carbonyl (C=O) groups excluding carboxylic acids is 1. The SMILES string of the molecule is CN=C(NCC(C)(C)c1cccc(C)c1)N1CCC(CC(=O)NC)CC1.I. The topological polar surface area (TPSA) is 56.7 Å². The van der Waals surface area contributed by atoms with Crippen LogP contribution in [0.2, 0.25) is 0 Å². The third kappa shape index (κ3) is 6.97. The maximum absolute atomic E-state index is 11.6. The van der Waals surface area contributed by atoms with Crippen LogP contribution in [0.1, 0.15) is 44.2 Å². The zero-order valence-corrected chi connectivity index (χ0v) is 19.7. The van der Waals surface area contributed by atoms with Gasteiger partial charge in [-0.15, -0.1) is 24.0 Å². The van der Waals surface area contributed by atoms with Gasteiger partial charge in [0.2, 0.25) is 5.91 Å². The first-order chi connectivity index (χ1) is 12.4. The van der Waals surface area contributed by atoms with E-state index >= 15 is 0 Å². The Labute approximate surface area is 181 Å². The van der Waals surface area contributed by atoms with Crippen molar-refractivity contribution in [3.8, 4) is 0 Å². The Bertz CT molecular complexity index is 637. The minimum atomic E-state index is 0. The summed E-state index contributed by atoms with van der Waals surface area (Å²) in [7, 11) is 3.55. The number of guanidine groups is 1. The molecule has 1 amide bonds. The summed E-state index contributed by atoms with van der Waals surface area (Å²) in [4.78, 5) is 18.4. The second kappa shape index (κ2) is 10.9. The van der Waals surface area contributed by atoms with Crippen LogP contribution in [-0.2, 0) is 10.2 Å². The lowest BCUT2D eigenvalue weighted by atomic mass is 9.84. The molecular formula is C21H35IN4O. The van der Waals surface area contributed by atoms with Crippen LogP contribution in [-0.4, -0.2) is 50.5 Å². The Morgan fingerprint density at radius 2 is 1.96 bits per heavy atom. The van der Waals surface area contributed by atoms with Gasteiger partial charge in [0, 0.05) is 45.6 Å². The molecule has 1 heterocycles. The molecule has 0 spiro atoms. The van der Waals surface area contributed by atoms with Gasteiger partial charge in [0.25, 0.3) is 0 Å². The molecule has 1 aromatic rings. The molecule has 0 saturated carbocycles. The van der Waals surface area contributed by atoms with E-state index in [-0.39, 0.29) is 35.3 Å². The number of benzene rings is 1. The number of nitrogens with zero attached hydrogens (tertiary/aromatic N) is 2. The van der Waals surface area contributed by atoms with Crippen LogP contribution in [0, 0.1) is 12.8 Å². The van der Waals surface area contributed by atoms with Gasteiger partial charge in [-0.2, -0.15) is 0 Å². The Kier molecular flexibility index (Phi) is 9.56. The largest absolute Gasteiger partial charge is 0.359 e. The first kappa shape index (κ1) is 23.7. The Morgan fingerprint density at radius 1 is 1.30 bits per heavy atom. The molecule has 2 N–H and O–H groups in total. The van der Waals surface area contributed by atoms with E-state index in [1.807, 2.05) is 7.05 Å². The Hall–Kier alpha value is -1.31. The summed E-state index contributed by atoms with van der Waals surface area (Å²) < 4.78 is 0. The van der Waals surface area contributed by atoms with Gasteiger partial charge in [0.05, 0.1) is 0 Å². The minimum absolute atomic E-state index is 0. The lowest BCUT2D eigenvalue weighted by Crippen LogP contribution is -2.48. The Balaban J connectivity index is 0.00000364. The highest BCUT2D eigenvalue weighted by molar-refractivity contribution is 14.0. The van der Waals surface area contributed by atoms with Crippen molar-refractivity contribution in [3.05, 3.63) is 35.4 Å². The number of hydrogen-bond acceptors (Lipinski definition) is 2. The van der Waals surface area contributed by atoms with Crippen molar-refractivity contribution >= 4 is 35.8 Å². The standard InChI is InChI=1S/C21H34N4O.HI/c1-16-7-6-8-18(13-16)21(2,3)15-24-20(23-5)25-11-9-17(10-12-25)14-19(26)22-4;/h6-8,13,17H,9-12,14-15H2,1-5H3,(H,22,26)(H,23,24);1H. The summed E-state index contributed by atoms with van der Waals surface area (Å²) in [5, 5.41) is 6.29. The predicted octanol–water partition coefficient (Wildman–Crippen LogP) is 3.31. The molecule has 5 nitrogen and oxygen atoms in total. The molecule has 1 aliphatic heterocycles. The highest BCUT2D eigenvalue weighted by Crippen LogP contribution is 2.24. The van der Waals surface area contributed by atoms with E-state index in [9.17, 15) is 4.79 Å². The number of nitrogens with one attached hydrogen (secondary N) is 2. The highest BCUT2D eigenvalue weighted by Gasteiger charge is 2.25. The van der Waals surface area contributed by atoms with E-state index < -0.39 is 0 Å². The number of piperidine rings is 1. The van der Waals surface area contributed by atoms with Crippen LogP contribution in [0.5, 0.6) is 0 Å². The van der Waals surface area contributed by atoms with Crippen LogP contribution in [0.4, 0.5) is 0 Å². The summed E-state index contributed by atoms with van der Waals surface area (Å²) in [5.74, 6) is 1.59. The highest BCUT2D eigenvalue weighted by atomic mass is 127. The molecule has 0 radical (unpaired) electrons. The van der Waals surface area contributed by atoms with Gasteiger partial charge in [-0.3, -0.25) is 9.79 Å². The first-order valence-electron chi connectivity index (χ1n) is 9.59. The minimum Gasteiger partial charge on any atom is -0.359 e. The zero-order valence-electron chi connectivity index (χ0n) is 17.3. The number of halogens is 1. The molecule has 0 unspecified atom stereocenters. The quantitative estimate of drug-likeness (QED) is 0.382. The van der Waals surface area contributed by atoms with Crippen molar-refractivity contribution in [3.63, 3.8) is 0 Å². The van der Waals surface area contributed by atoms with Crippen LogP contribution < -0.4 is 10.6 Å². The van der Waals surface area contributed by atoms with Gasteiger partial charge in [-0.25, -0.2) is 0 Å². The van der Waals surface area contributed by atoms with E-state index in [1.165, 1.54) is 11.1 Å². The molecule has 1 aromatic carbocycles. The molecule has 6 heteroatoms. The summed E-state index contributed by atoms with van der Waals surface area (Å²) in [6.07, 6.45) is 2.71. The lowest BCUT2D eigenvalue weighted by molar-refractivity contribution is -0.121. The van der Waals surface area contributed by atoms with Gasteiger partial charge in [0.1, 0.15) is 0 Å². The van der Waals surface area contributed by atoms with Crippen molar-refractivity contribution in [2.24, 2.45) is 10.9 Å². The summed E-state index contributed by atoms with van der Waals surface area (Å²) in [6.45, 7) is 9.39. The van der Waals surface area contributed by atoms with Crippen LogP contribution in [0.25, 0.3) is 0 Å². The van der Waals surface area contributed by atoms with E-state index in [0.29, 0.717) is 12.3 Å². The normalized spacial score (nSPS) is 15.9. The molecule has 27 heavy (non-hydrogen) atoms. The molecule has 1 aliphatic rings. The van der Waals surface area contributed by atoms with E-state index in [1.54, 1.807) is 7.05 Å². The van der Waals surface area contributed by atoms with Gasteiger partial charge in [0.15, 0.2) is 5.96 Å². The third-order valence-electron chi connectivity index (χ3n) is 5.37. The number of aryl methyl sites for hydroxylation is 1. The number of rotatable bonds is 5. The fourth-order valence-electron chi connectivity index (χ4n) is 3.51. The number of likely N-dealkylation sites (tertiary alicyclic amines) is 1. The monoisotopic (exact) mass is 486 g/mol. The van der Waals surface area contributed by atoms with Gasteiger partial charge in [-0.05, 0) is 31.2 Å². The van der Waals surface area contributed by atoms with E-state index in [2.05, 4.69) is 65.6 Å². The maximum Gasteiger partial charge on any atom is 0.220 e. The average Bonchev–Trinajstić information content (AvgIpc) is 2.63. The summed E-state index contributed by atoms with van der Waals surface area (Å²) >= 11 is 0. The number of hydrogen-bond donors (Lipinski definition) is 2. The molecular weight excluding hydrogens is 451 g/mol. The molecule has 0 atom stereocenters. The maximum atomic E-state index is 11.6. The number of carbonyl (C=O) groups is 1. The fraction of sp³-hybridized carbons (Fsp3) is 0.619. The average molecular weight is 486 g/mol. The molecule has 152 valence electrons. The van der Waals surface area contributed by atoms with Crippen molar-refractivity contribution in [2.45, 2.75) is 45.4 Å². The first-order valence-corrected chi connectivity index (χ1v) is 9.59. The zero-order chi connectivity index (χ0) is 19.2. The third-order valence-corrected chi connectivity index (χ3v) is 5.37. The number of aliphatic imine (C=N–C) groups is 1. The Morgan fingerprint density at radius 3 is 2.52 bits per heavy atom. The number of amides is 1. The molecule has 1 fully saturated rings. The smallest absolute Gasteiger partial charge is 0.220 e. The molecule has 0 aliphatic carbocycles. The van der Waals surface area contributed by atoms with Gasteiger partial charge < -0.3 is 15.5 Å². The van der Waals surface area contributed by atoms with E-state index in [4.69, 9.17) is 0 Å². The second-order valence-electron chi connectivity index (χ2n) is 7.96. The van der Waals surface area contributed by atoms with Gasteiger partial charge in [-0.1, -0.05) is 43.7 Å². The predicted molar refractivity (Wildman–Crippen MR) is 124 cm³/mol.